The van der Waals surface area contributed by atoms with Gasteiger partial charge in [-0.3, -0.25) is 5.32 Å². The van der Waals surface area contributed by atoms with Crippen LogP contribution in [0.2, 0.25) is 0 Å². The first-order chi connectivity index (χ1) is 13.1. The van der Waals surface area contributed by atoms with Crippen molar-refractivity contribution in [2.75, 3.05) is 11.9 Å². The van der Waals surface area contributed by atoms with Crippen molar-refractivity contribution in [3.8, 4) is 11.1 Å². The smallest absolute Gasteiger partial charge is 0.411 e. The van der Waals surface area contributed by atoms with Crippen LogP contribution >= 0.6 is 0 Å². The number of carbonyl (C=O) groups excluding carboxylic acids is 1. The molecule has 0 spiro atoms. The molecule has 2 heterocycles. The van der Waals surface area contributed by atoms with Gasteiger partial charge >= 0.3 is 6.09 Å². The van der Waals surface area contributed by atoms with Crippen LogP contribution in [0.4, 0.5) is 19.3 Å². The van der Waals surface area contributed by atoms with Gasteiger partial charge < -0.3 is 10.1 Å². The zero-order valence-corrected chi connectivity index (χ0v) is 14.9. The van der Waals surface area contributed by atoms with Crippen LogP contribution in [-0.2, 0) is 4.74 Å². The Kier molecular flexibility index (Phi) is 5.07. The first-order valence-corrected chi connectivity index (χ1v) is 9.32. The SMILES string of the molecule is O=C(Nc1ccc(F)cc1-c1cccc(F)c1)OCC1CC2CCC(C1)N2. The summed E-state index contributed by atoms with van der Waals surface area (Å²) in [6.07, 6.45) is 3.86. The molecule has 2 N–H and O–H groups in total. The van der Waals surface area contributed by atoms with Crippen molar-refractivity contribution in [1.29, 1.82) is 0 Å². The van der Waals surface area contributed by atoms with Gasteiger partial charge in [-0.2, -0.15) is 0 Å². The number of ether oxygens (including phenoxy) is 1. The number of benzene rings is 2. The van der Waals surface area contributed by atoms with E-state index in [1.807, 2.05) is 0 Å². The maximum absolute atomic E-state index is 13.7. The lowest BCUT2D eigenvalue weighted by atomic mass is 9.93. The second-order valence-electron chi connectivity index (χ2n) is 7.40. The third kappa shape index (κ3) is 4.27. The summed E-state index contributed by atoms with van der Waals surface area (Å²) in [6, 6.07) is 10.9. The molecule has 0 aromatic heterocycles. The highest BCUT2D eigenvalue weighted by atomic mass is 19.1. The summed E-state index contributed by atoms with van der Waals surface area (Å²) in [6.45, 7) is 0.372. The number of carbonyl (C=O) groups is 1. The van der Waals surface area contributed by atoms with E-state index in [1.165, 1.54) is 43.2 Å². The summed E-state index contributed by atoms with van der Waals surface area (Å²) in [5, 5.41) is 6.23. The summed E-state index contributed by atoms with van der Waals surface area (Å²) < 4.78 is 32.6. The highest BCUT2D eigenvalue weighted by Gasteiger charge is 2.33. The van der Waals surface area contributed by atoms with Gasteiger partial charge in [-0.15, -0.1) is 0 Å². The number of hydrogen-bond acceptors (Lipinski definition) is 3. The van der Waals surface area contributed by atoms with Crippen LogP contribution in [0.15, 0.2) is 42.5 Å². The monoisotopic (exact) mass is 372 g/mol. The van der Waals surface area contributed by atoms with Crippen LogP contribution < -0.4 is 10.6 Å². The Morgan fingerprint density at radius 1 is 1.07 bits per heavy atom. The molecule has 2 aromatic carbocycles. The maximum atomic E-state index is 13.7. The molecule has 2 unspecified atom stereocenters. The van der Waals surface area contributed by atoms with E-state index < -0.39 is 17.7 Å². The molecule has 2 aliphatic heterocycles. The van der Waals surface area contributed by atoms with Crippen molar-refractivity contribution in [3.63, 3.8) is 0 Å². The van der Waals surface area contributed by atoms with E-state index in [1.54, 1.807) is 12.1 Å². The molecule has 1 amide bonds. The van der Waals surface area contributed by atoms with Gasteiger partial charge in [-0.25, -0.2) is 13.6 Å². The summed E-state index contributed by atoms with van der Waals surface area (Å²) in [5.41, 5.74) is 1.28. The van der Waals surface area contributed by atoms with Crippen LogP contribution in [0.25, 0.3) is 11.1 Å². The summed E-state index contributed by atoms with van der Waals surface area (Å²) >= 11 is 0. The lowest BCUT2D eigenvalue weighted by Gasteiger charge is -2.28. The third-order valence-corrected chi connectivity index (χ3v) is 5.37. The van der Waals surface area contributed by atoms with E-state index in [0.717, 1.165) is 12.8 Å². The number of piperidine rings is 1. The Morgan fingerprint density at radius 2 is 1.81 bits per heavy atom. The molecule has 0 radical (unpaired) electrons. The average Bonchev–Trinajstić information content (AvgIpc) is 2.99. The molecule has 4 nitrogen and oxygen atoms in total. The summed E-state index contributed by atoms with van der Waals surface area (Å²) in [7, 11) is 0. The van der Waals surface area contributed by atoms with Gasteiger partial charge in [0.2, 0.25) is 0 Å². The minimum absolute atomic E-state index is 0.366. The number of fused-ring (bicyclic) bond motifs is 2. The number of nitrogens with one attached hydrogen (secondary N) is 2. The number of rotatable bonds is 4. The average molecular weight is 372 g/mol. The quantitative estimate of drug-likeness (QED) is 0.817. The van der Waals surface area contributed by atoms with E-state index in [4.69, 9.17) is 4.74 Å². The largest absolute Gasteiger partial charge is 0.449 e. The molecule has 2 aliphatic rings. The summed E-state index contributed by atoms with van der Waals surface area (Å²) in [5.74, 6) is -0.519. The Balaban J connectivity index is 1.42. The van der Waals surface area contributed by atoms with Crippen molar-refractivity contribution < 1.29 is 18.3 Å². The zero-order chi connectivity index (χ0) is 18.8. The van der Waals surface area contributed by atoms with Crippen LogP contribution in [0.1, 0.15) is 25.7 Å². The summed E-state index contributed by atoms with van der Waals surface area (Å²) in [4.78, 5) is 12.3. The fraction of sp³-hybridized carbons (Fsp3) is 0.381. The third-order valence-electron chi connectivity index (χ3n) is 5.37. The molecule has 4 rings (SSSR count). The van der Waals surface area contributed by atoms with Crippen LogP contribution in [-0.4, -0.2) is 24.8 Å². The maximum Gasteiger partial charge on any atom is 0.411 e. The highest BCUT2D eigenvalue weighted by Crippen LogP contribution is 2.32. The van der Waals surface area contributed by atoms with Crippen molar-refractivity contribution in [3.05, 3.63) is 54.1 Å². The van der Waals surface area contributed by atoms with Gasteiger partial charge in [0.1, 0.15) is 11.6 Å². The van der Waals surface area contributed by atoms with E-state index in [2.05, 4.69) is 10.6 Å². The topological polar surface area (TPSA) is 50.4 Å². The molecule has 2 bridgehead atoms. The van der Waals surface area contributed by atoms with Crippen LogP contribution in [0.3, 0.4) is 0 Å². The Hall–Kier alpha value is -2.47. The first kappa shape index (κ1) is 17.9. The fourth-order valence-electron chi connectivity index (χ4n) is 4.17. The fourth-order valence-corrected chi connectivity index (χ4v) is 4.17. The van der Waals surface area contributed by atoms with Crippen LogP contribution in [0.5, 0.6) is 0 Å². The van der Waals surface area contributed by atoms with E-state index >= 15 is 0 Å². The predicted molar refractivity (Wildman–Crippen MR) is 99.4 cm³/mol. The molecule has 2 aromatic rings. The van der Waals surface area contributed by atoms with Crippen molar-refractivity contribution in [2.45, 2.75) is 37.8 Å². The Morgan fingerprint density at radius 3 is 2.56 bits per heavy atom. The predicted octanol–water partition coefficient (Wildman–Crippen LogP) is 4.71. The minimum atomic E-state index is -0.579. The number of amides is 1. The minimum Gasteiger partial charge on any atom is -0.449 e. The number of hydrogen-bond donors (Lipinski definition) is 2. The Labute approximate surface area is 156 Å². The second kappa shape index (κ2) is 7.64. The molecular formula is C21H22F2N2O2. The second-order valence-corrected chi connectivity index (χ2v) is 7.40. The molecule has 2 fully saturated rings. The molecular weight excluding hydrogens is 350 g/mol. The van der Waals surface area contributed by atoms with Crippen LogP contribution in [0, 0.1) is 17.6 Å². The highest BCUT2D eigenvalue weighted by molar-refractivity contribution is 5.91. The van der Waals surface area contributed by atoms with Crippen molar-refractivity contribution in [2.24, 2.45) is 5.92 Å². The lowest BCUT2D eigenvalue weighted by molar-refractivity contribution is 0.122. The molecule has 2 saturated heterocycles. The lowest BCUT2D eigenvalue weighted by Crippen LogP contribution is -2.39. The molecule has 142 valence electrons. The molecule has 2 atom stereocenters. The molecule has 27 heavy (non-hydrogen) atoms. The normalized spacial score (nSPS) is 23.9. The van der Waals surface area contributed by atoms with E-state index in [-0.39, 0.29) is 0 Å². The van der Waals surface area contributed by atoms with Gasteiger partial charge in [0.15, 0.2) is 0 Å². The molecule has 0 saturated carbocycles. The van der Waals surface area contributed by atoms with E-state index in [0.29, 0.717) is 41.4 Å². The van der Waals surface area contributed by atoms with E-state index in [9.17, 15) is 13.6 Å². The zero-order valence-electron chi connectivity index (χ0n) is 14.9. The van der Waals surface area contributed by atoms with Gasteiger partial charge in [-0.1, -0.05) is 12.1 Å². The van der Waals surface area contributed by atoms with Crippen molar-refractivity contribution in [1.82, 2.24) is 5.32 Å². The number of anilines is 1. The molecule has 6 heteroatoms. The van der Waals surface area contributed by atoms with Gasteiger partial charge in [0.05, 0.1) is 12.3 Å². The first-order valence-electron chi connectivity index (χ1n) is 9.32. The van der Waals surface area contributed by atoms with Gasteiger partial charge in [0, 0.05) is 17.6 Å². The standard InChI is InChI=1S/C21H22F2N2O2/c22-15-3-1-2-14(10-15)19-11-16(23)4-7-20(19)25-21(26)27-12-13-8-17-5-6-18(9-13)24-17/h1-4,7,10-11,13,17-18,24H,5-6,8-9,12H2,(H,25,26). The van der Waals surface area contributed by atoms with Crippen molar-refractivity contribution >= 4 is 11.8 Å². The van der Waals surface area contributed by atoms with Gasteiger partial charge in [-0.05, 0) is 67.5 Å². The number of halogens is 2. The van der Waals surface area contributed by atoms with Gasteiger partial charge in [0.25, 0.3) is 0 Å². The molecule has 0 aliphatic carbocycles. The Bertz CT molecular complexity index is 831.